The first kappa shape index (κ1) is 20.6. The van der Waals surface area contributed by atoms with Gasteiger partial charge in [0.05, 0.1) is 0 Å². The van der Waals surface area contributed by atoms with Crippen LogP contribution in [0.3, 0.4) is 0 Å². The van der Waals surface area contributed by atoms with Gasteiger partial charge in [-0.25, -0.2) is 0 Å². The van der Waals surface area contributed by atoms with Crippen LogP contribution in [0.2, 0.25) is 0 Å². The number of rotatable bonds is 17. The molecule has 0 aromatic rings. The number of carbonyl (C=O) groups excluding carboxylic acids is 1. The maximum atomic E-state index is 11.4. The molecule has 0 fully saturated rings. The molecule has 0 rings (SSSR count). The molecule has 0 saturated carbocycles. The third-order valence-electron chi connectivity index (χ3n) is 4.17. The quantitative estimate of drug-likeness (QED) is 0.344. The first-order chi connectivity index (χ1) is 10.3. The summed E-state index contributed by atoms with van der Waals surface area (Å²) in [4.78, 5) is 11.4. The molecule has 0 radical (unpaired) electrons. The number of hydrogen-bond acceptors (Lipinski definition) is 2. The maximum absolute atomic E-state index is 11.4. The van der Waals surface area contributed by atoms with Gasteiger partial charge in [0.15, 0.2) is 0 Å². The second kappa shape index (κ2) is 17.7. The Bertz CT molecular complexity index is 214. The minimum Gasteiger partial charge on any atom is -0.396 e. The van der Waals surface area contributed by atoms with Gasteiger partial charge in [-0.15, -0.1) is 0 Å². The number of Topliss-reactive ketones (excluding diaryl/α,β-unsaturated/α-hetero) is 1. The Kier molecular flexibility index (Phi) is 17.4. The summed E-state index contributed by atoms with van der Waals surface area (Å²) in [5.74, 6) is 0.326. The summed E-state index contributed by atoms with van der Waals surface area (Å²) >= 11 is 0. The van der Waals surface area contributed by atoms with Crippen LogP contribution >= 0.6 is 0 Å². The highest BCUT2D eigenvalue weighted by Gasteiger charge is 2.00. The molecule has 0 aliphatic rings. The molecule has 0 aliphatic heterocycles. The van der Waals surface area contributed by atoms with Crippen LogP contribution in [0.1, 0.15) is 110 Å². The summed E-state index contributed by atoms with van der Waals surface area (Å²) < 4.78 is 0. The van der Waals surface area contributed by atoms with Crippen molar-refractivity contribution in [2.45, 2.75) is 110 Å². The fraction of sp³-hybridized carbons (Fsp3) is 0.947. The molecule has 0 atom stereocenters. The molecule has 0 aromatic heterocycles. The Hall–Kier alpha value is -0.370. The van der Waals surface area contributed by atoms with Crippen LogP contribution in [0.15, 0.2) is 0 Å². The fourth-order valence-corrected chi connectivity index (χ4v) is 2.74. The summed E-state index contributed by atoms with van der Waals surface area (Å²) in [6.07, 6.45) is 19.4. The van der Waals surface area contributed by atoms with E-state index in [9.17, 15) is 4.79 Å². The molecule has 2 heteroatoms. The van der Waals surface area contributed by atoms with Gasteiger partial charge in [-0.05, 0) is 12.8 Å². The second-order valence-electron chi connectivity index (χ2n) is 6.36. The SMILES string of the molecule is CCCCCCCCCCCCCCCC(=O)CCCO. The maximum Gasteiger partial charge on any atom is 0.132 e. The van der Waals surface area contributed by atoms with Crippen molar-refractivity contribution in [3.05, 3.63) is 0 Å². The predicted octanol–water partition coefficient (Wildman–Crippen LogP) is 5.81. The molecule has 0 amide bonds. The van der Waals surface area contributed by atoms with Crippen molar-refractivity contribution in [2.75, 3.05) is 6.61 Å². The zero-order valence-corrected chi connectivity index (χ0v) is 14.4. The average molecular weight is 299 g/mol. The Morgan fingerprint density at radius 3 is 1.43 bits per heavy atom. The van der Waals surface area contributed by atoms with E-state index in [0.29, 0.717) is 18.6 Å². The van der Waals surface area contributed by atoms with E-state index in [1.54, 1.807) is 0 Å². The lowest BCUT2D eigenvalue weighted by Gasteiger charge is -2.03. The highest BCUT2D eigenvalue weighted by Crippen LogP contribution is 2.13. The van der Waals surface area contributed by atoms with E-state index >= 15 is 0 Å². The van der Waals surface area contributed by atoms with E-state index in [1.807, 2.05) is 0 Å². The lowest BCUT2D eigenvalue weighted by atomic mass is 10.0. The summed E-state index contributed by atoms with van der Waals surface area (Å²) in [7, 11) is 0. The first-order valence-corrected chi connectivity index (χ1v) is 9.43. The Morgan fingerprint density at radius 1 is 0.619 bits per heavy atom. The van der Waals surface area contributed by atoms with Gasteiger partial charge in [0.2, 0.25) is 0 Å². The van der Waals surface area contributed by atoms with Gasteiger partial charge in [0, 0.05) is 19.4 Å². The molecule has 0 spiro atoms. The van der Waals surface area contributed by atoms with Crippen LogP contribution < -0.4 is 0 Å². The third kappa shape index (κ3) is 17.6. The highest BCUT2D eigenvalue weighted by atomic mass is 16.3. The molecule has 0 aliphatic carbocycles. The van der Waals surface area contributed by atoms with Crippen molar-refractivity contribution in [3.8, 4) is 0 Å². The second-order valence-corrected chi connectivity index (χ2v) is 6.36. The first-order valence-electron chi connectivity index (χ1n) is 9.43. The van der Waals surface area contributed by atoms with Crippen LogP contribution in [0.5, 0.6) is 0 Å². The number of ketones is 1. The zero-order valence-electron chi connectivity index (χ0n) is 14.4. The summed E-state index contributed by atoms with van der Waals surface area (Å²) in [6.45, 7) is 2.41. The van der Waals surface area contributed by atoms with E-state index < -0.39 is 0 Å². The molecule has 0 unspecified atom stereocenters. The standard InChI is InChI=1S/C19H38O2/c1-2-3-4-5-6-7-8-9-10-11-12-13-14-16-19(21)17-15-18-20/h20H,2-18H2,1H3. The number of hydrogen-bond donors (Lipinski definition) is 1. The van der Waals surface area contributed by atoms with Crippen molar-refractivity contribution in [3.63, 3.8) is 0 Å². The van der Waals surface area contributed by atoms with Gasteiger partial charge < -0.3 is 5.11 Å². The predicted molar refractivity (Wildman–Crippen MR) is 91.6 cm³/mol. The molecule has 2 nitrogen and oxygen atoms in total. The average Bonchev–Trinajstić information content (AvgIpc) is 2.49. The van der Waals surface area contributed by atoms with Crippen molar-refractivity contribution in [1.82, 2.24) is 0 Å². The normalized spacial score (nSPS) is 11.0. The molecule has 1 N–H and O–H groups in total. The molecule has 21 heavy (non-hydrogen) atoms. The topological polar surface area (TPSA) is 37.3 Å². The van der Waals surface area contributed by atoms with Crippen LogP contribution in [0, 0.1) is 0 Å². The van der Waals surface area contributed by atoms with Crippen molar-refractivity contribution >= 4 is 5.78 Å². The molecular weight excluding hydrogens is 260 g/mol. The van der Waals surface area contributed by atoms with E-state index in [2.05, 4.69) is 6.92 Å². The molecule has 0 bridgehead atoms. The van der Waals surface area contributed by atoms with Crippen molar-refractivity contribution < 1.29 is 9.90 Å². The van der Waals surface area contributed by atoms with Gasteiger partial charge in [-0.3, -0.25) is 4.79 Å². The smallest absolute Gasteiger partial charge is 0.132 e. The number of aliphatic hydroxyl groups excluding tert-OH is 1. The monoisotopic (exact) mass is 298 g/mol. The molecular formula is C19H38O2. The van der Waals surface area contributed by atoms with Crippen LogP contribution in [0.4, 0.5) is 0 Å². The van der Waals surface area contributed by atoms with E-state index in [-0.39, 0.29) is 6.61 Å². The Morgan fingerprint density at radius 2 is 1.00 bits per heavy atom. The van der Waals surface area contributed by atoms with E-state index in [1.165, 1.54) is 77.0 Å². The van der Waals surface area contributed by atoms with Crippen LogP contribution in [-0.2, 0) is 4.79 Å². The largest absolute Gasteiger partial charge is 0.396 e. The minimum atomic E-state index is 0.143. The summed E-state index contributed by atoms with van der Waals surface area (Å²) in [5, 5.41) is 8.65. The lowest BCUT2D eigenvalue weighted by Crippen LogP contribution is -1.99. The molecule has 0 saturated heterocycles. The van der Waals surface area contributed by atoms with Gasteiger partial charge in [-0.1, -0.05) is 84.0 Å². The van der Waals surface area contributed by atoms with Gasteiger partial charge in [0.1, 0.15) is 5.78 Å². The van der Waals surface area contributed by atoms with Gasteiger partial charge in [0.25, 0.3) is 0 Å². The van der Waals surface area contributed by atoms with E-state index in [0.717, 1.165) is 12.8 Å². The number of unbranched alkanes of at least 4 members (excludes halogenated alkanes) is 12. The van der Waals surface area contributed by atoms with E-state index in [4.69, 9.17) is 5.11 Å². The zero-order chi connectivity index (χ0) is 15.6. The van der Waals surface area contributed by atoms with Crippen molar-refractivity contribution in [1.29, 1.82) is 0 Å². The molecule has 0 aromatic carbocycles. The third-order valence-corrected chi connectivity index (χ3v) is 4.17. The Balaban J connectivity index is 3.04. The number of carbonyl (C=O) groups is 1. The fourth-order valence-electron chi connectivity index (χ4n) is 2.74. The van der Waals surface area contributed by atoms with Crippen LogP contribution in [-0.4, -0.2) is 17.5 Å². The lowest BCUT2D eigenvalue weighted by molar-refractivity contribution is -0.119. The molecule has 0 heterocycles. The number of aliphatic hydroxyl groups is 1. The summed E-state index contributed by atoms with van der Waals surface area (Å²) in [5.41, 5.74) is 0. The van der Waals surface area contributed by atoms with Gasteiger partial charge >= 0.3 is 0 Å². The van der Waals surface area contributed by atoms with Crippen LogP contribution in [0.25, 0.3) is 0 Å². The highest BCUT2D eigenvalue weighted by molar-refractivity contribution is 5.78. The molecule has 126 valence electrons. The van der Waals surface area contributed by atoms with Crippen molar-refractivity contribution in [2.24, 2.45) is 0 Å². The summed E-state index contributed by atoms with van der Waals surface area (Å²) in [6, 6.07) is 0. The minimum absolute atomic E-state index is 0.143. The van der Waals surface area contributed by atoms with Gasteiger partial charge in [-0.2, -0.15) is 0 Å². The Labute approximate surface area is 132 Å².